The van der Waals surface area contributed by atoms with Gasteiger partial charge in [-0.1, -0.05) is 30.3 Å². The highest BCUT2D eigenvalue weighted by Crippen LogP contribution is 2.31. The van der Waals surface area contributed by atoms with Crippen molar-refractivity contribution in [2.75, 3.05) is 0 Å². The number of benzene rings is 1. The van der Waals surface area contributed by atoms with Crippen molar-refractivity contribution in [1.29, 1.82) is 0 Å². The largest absolute Gasteiger partial charge is 0.433 e. The number of nitrogens with zero attached hydrogens (tertiary/aromatic N) is 1. The number of nitro groups is 1. The minimum absolute atomic E-state index is 0.295. The zero-order chi connectivity index (χ0) is 11.5. The minimum atomic E-state index is -0.585. The average Bonchev–Trinajstić information content (AvgIpc) is 2.78. The molecule has 0 saturated carbocycles. The van der Waals surface area contributed by atoms with Crippen molar-refractivity contribution in [3.63, 3.8) is 0 Å². The van der Waals surface area contributed by atoms with E-state index in [1.165, 1.54) is 12.1 Å². The van der Waals surface area contributed by atoms with Gasteiger partial charge in [-0.25, -0.2) is 0 Å². The average molecular weight is 238 g/mol. The normalized spacial score (nSPS) is 12.3. The first-order chi connectivity index (χ1) is 7.68. The van der Waals surface area contributed by atoms with Crippen molar-refractivity contribution in [2.45, 2.75) is 5.38 Å². The van der Waals surface area contributed by atoms with Crippen LogP contribution in [-0.4, -0.2) is 4.92 Å². The van der Waals surface area contributed by atoms with Crippen LogP contribution in [0.4, 0.5) is 5.88 Å². The Labute approximate surface area is 96.6 Å². The Morgan fingerprint density at radius 2 is 1.88 bits per heavy atom. The fourth-order valence-electron chi connectivity index (χ4n) is 1.36. The van der Waals surface area contributed by atoms with Gasteiger partial charge >= 0.3 is 5.88 Å². The lowest BCUT2D eigenvalue weighted by Gasteiger charge is -2.05. The Bertz CT molecular complexity index is 495. The van der Waals surface area contributed by atoms with E-state index in [-0.39, 0.29) is 5.88 Å². The van der Waals surface area contributed by atoms with Crippen molar-refractivity contribution < 1.29 is 9.34 Å². The summed E-state index contributed by atoms with van der Waals surface area (Å²) in [5.41, 5.74) is 0.841. The second kappa shape index (κ2) is 4.37. The number of hydrogen-bond donors (Lipinski definition) is 0. The first kappa shape index (κ1) is 10.7. The molecule has 0 N–H and O–H groups in total. The molecule has 1 atom stereocenters. The van der Waals surface area contributed by atoms with Crippen LogP contribution in [0.3, 0.4) is 0 Å². The van der Waals surface area contributed by atoms with E-state index >= 15 is 0 Å². The lowest BCUT2D eigenvalue weighted by atomic mass is 10.1. The molecule has 2 rings (SSSR count). The molecule has 0 bridgehead atoms. The lowest BCUT2D eigenvalue weighted by molar-refractivity contribution is -0.402. The molecule has 0 aliphatic rings. The van der Waals surface area contributed by atoms with Gasteiger partial charge in [0, 0.05) is 0 Å². The summed E-state index contributed by atoms with van der Waals surface area (Å²) in [6.45, 7) is 0. The summed E-state index contributed by atoms with van der Waals surface area (Å²) in [4.78, 5) is 9.86. The van der Waals surface area contributed by atoms with Crippen molar-refractivity contribution >= 4 is 17.5 Å². The van der Waals surface area contributed by atoms with Crippen LogP contribution in [-0.2, 0) is 0 Å². The summed E-state index contributed by atoms with van der Waals surface area (Å²) in [5.74, 6) is 0.0798. The molecule has 0 fully saturated rings. The molecule has 1 aromatic carbocycles. The number of furan rings is 1. The van der Waals surface area contributed by atoms with Gasteiger partial charge < -0.3 is 4.42 Å². The molecule has 1 heterocycles. The molecule has 0 aliphatic carbocycles. The summed E-state index contributed by atoms with van der Waals surface area (Å²) < 4.78 is 5.03. The van der Waals surface area contributed by atoms with Crippen LogP contribution in [0.25, 0.3) is 0 Å². The standard InChI is InChI=1S/C11H8ClNO3/c12-11(8-4-2-1-3-5-8)9-6-7-10(16-9)13(14)15/h1-7,11H. The fourth-order valence-corrected chi connectivity index (χ4v) is 1.63. The smallest absolute Gasteiger partial charge is 0.404 e. The first-order valence-corrected chi connectivity index (χ1v) is 5.05. The maximum Gasteiger partial charge on any atom is 0.433 e. The SMILES string of the molecule is O=[N+]([O-])c1ccc(C(Cl)c2ccccc2)o1. The third-order valence-electron chi connectivity index (χ3n) is 2.13. The molecule has 0 radical (unpaired) electrons. The lowest BCUT2D eigenvalue weighted by Crippen LogP contribution is -1.90. The predicted octanol–water partition coefficient (Wildman–Crippen LogP) is 3.52. The molecule has 1 unspecified atom stereocenters. The molecule has 0 saturated heterocycles. The van der Waals surface area contributed by atoms with Crippen LogP contribution in [0, 0.1) is 10.1 Å². The van der Waals surface area contributed by atoms with Crippen LogP contribution < -0.4 is 0 Å². The Morgan fingerprint density at radius 1 is 1.19 bits per heavy atom. The van der Waals surface area contributed by atoms with E-state index in [1.54, 1.807) is 0 Å². The van der Waals surface area contributed by atoms with Gasteiger partial charge in [-0.3, -0.25) is 10.1 Å². The van der Waals surface area contributed by atoms with Crippen LogP contribution in [0.15, 0.2) is 46.9 Å². The van der Waals surface area contributed by atoms with Gasteiger partial charge in [0.15, 0.2) is 0 Å². The van der Waals surface area contributed by atoms with E-state index in [4.69, 9.17) is 16.0 Å². The van der Waals surface area contributed by atoms with Crippen LogP contribution in [0.2, 0.25) is 0 Å². The number of halogens is 1. The van der Waals surface area contributed by atoms with Crippen molar-refractivity contribution in [1.82, 2.24) is 0 Å². The van der Waals surface area contributed by atoms with E-state index in [0.717, 1.165) is 5.56 Å². The first-order valence-electron chi connectivity index (χ1n) is 4.61. The highest BCUT2D eigenvalue weighted by Gasteiger charge is 2.18. The molecule has 4 nitrogen and oxygen atoms in total. The second-order valence-electron chi connectivity index (χ2n) is 3.21. The van der Waals surface area contributed by atoms with Gasteiger partial charge in [0.25, 0.3) is 0 Å². The summed E-state index contributed by atoms with van der Waals surface area (Å²) in [6.07, 6.45) is 0. The third-order valence-corrected chi connectivity index (χ3v) is 2.60. The van der Waals surface area contributed by atoms with E-state index < -0.39 is 10.3 Å². The Balaban J connectivity index is 2.27. The van der Waals surface area contributed by atoms with E-state index in [1.807, 2.05) is 30.3 Å². The van der Waals surface area contributed by atoms with E-state index in [9.17, 15) is 10.1 Å². The van der Waals surface area contributed by atoms with Gasteiger partial charge in [0.05, 0.1) is 6.07 Å². The second-order valence-corrected chi connectivity index (χ2v) is 3.64. The minimum Gasteiger partial charge on any atom is -0.404 e. The topological polar surface area (TPSA) is 56.3 Å². The summed E-state index contributed by atoms with van der Waals surface area (Å²) >= 11 is 6.13. The molecule has 2 aromatic rings. The molecule has 0 aliphatic heterocycles. The van der Waals surface area contributed by atoms with Crippen LogP contribution in [0.1, 0.15) is 16.7 Å². The van der Waals surface area contributed by atoms with Crippen molar-refractivity contribution in [3.8, 4) is 0 Å². The molecular weight excluding hydrogens is 230 g/mol. The molecule has 0 spiro atoms. The summed E-state index contributed by atoms with van der Waals surface area (Å²) in [7, 11) is 0. The Morgan fingerprint density at radius 3 is 2.44 bits per heavy atom. The molecule has 0 amide bonds. The fraction of sp³-hybridized carbons (Fsp3) is 0.0909. The maximum atomic E-state index is 10.4. The number of hydrogen-bond acceptors (Lipinski definition) is 3. The van der Waals surface area contributed by atoms with Crippen LogP contribution in [0.5, 0.6) is 0 Å². The van der Waals surface area contributed by atoms with Crippen molar-refractivity contribution in [3.05, 3.63) is 63.9 Å². The predicted molar refractivity (Wildman–Crippen MR) is 59.5 cm³/mol. The van der Waals surface area contributed by atoms with Gasteiger partial charge in [-0.2, -0.15) is 0 Å². The van der Waals surface area contributed by atoms with Gasteiger partial charge in [-0.05, 0) is 11.6 Å². The Hall–Kier alpha value is -1.81. The number of alkyl halides is 1. The van der Waals surface area contributed by atoms with Gasteiger partial charge in [0.1, 0.15) is 16.1 Å². The van der Waals surface area contributed by atoms with E-state index in [2.05, 4.69) is 0 Å². The highest BCUT2D eigenvalue weighted by molar-refractivity contribution is 6.22. The summed E-state index contributed by atoms with van der Waals surface area (Å²) in [5, 5.41) is 9.94. The maximum absolute atomic E-state index is 10.4. The number of rotatable bonds is 3. The molecular formula is C11H8ClNO3. The highest BCUT2D eigenvalue weighted by atomic mass is 35.5. The molecule has 16 heavy (non-hydrogen) atoms. The monoisotopic (exact) mass is 237 g/mol. The van der Waals surface area contributed by atoms with Gasteiger partial charge in [-0.15, -0.1) is 11.6 Å². The van der Waals surface area contributed by atoms with Crippen molar-refractivity contribution in [2.24, 2.45) is 0 Å². The third kappa shape index (κ3) is 2.06. The van der Waals surface area contributed by atoms with E-state index in [0.29, 0.717) is 5.76 Å². The Kier molecular flexibility index (Phi) is 2.92. The molecule has 1 aromatic heterocycles. The molecule has 5 heteroatoms. The van der Waals surface area contributed by atoms with Gasteiger partial charge in [0.2, 0.25) is 0 Å². The molecule has 82 valence electrons. The quantitative estimate of drug-likeness (QED) is 0.466. The summed E-state index contributed by atoms with van der Waals surface area (Å²) in [6, 6.07) is 12.1. The zero-order valence-corrected chi connectivity index (χ0v) is 8.92. The van der Waals surface area contributed by atoms with Crippen LogP contribution >= 0.6 is 11.6 Å². The zero-order valence-electron chi connectivity index (χ0n) is 8.17.